The Bertz CT molecular complexity index is 1250. The van der Waals surface area contributed by atoms with Gasteiger partial charge in [0.05, 0.1) is 29.7 Å². The van der Waals surface area contributed by atoms with Gasteiger partial charge in [0, 0.05) is 5.56 Å². The predicted molar refractivity (Wildman–Crippen MR) is 119 cm³/mol. The van der Waals surface area contributed by atoms with Crippen LogP contribution in [-0.2, 0) is 11.3 Å². The monoisotopic (exact) mass is 439 g/mol. The van der Waals surface area contributed by atoms with Gasteiger partial charge in [0.25, 0.3) is 0 Å². The second-order valence-electron chi connectivity index (χ2n) is 6.83. The van der Waals surface area contributed by atoms with Crippen LogP contribution in [0.5, 0.6) is 0 Å². The summed E-state index contributed by atoms with van der Waals surface area (Å²) in [6.45, 7) is 4.62. The largest absolute Gasteiger partial charge is 0.462 e. The first-order chi connectivity index (χ1) is 14.5. The van der Waals surface area contributed by atoms with Gasteiger partial charge in [-0.1, -0.05) is 47.5 Å². The average Bonchev–Trinajstić information content (AvgIpc) is 3.04. The van der Waals surface area contributed by atoms with Gasteiger partial charge in [-0.15, -0.1) is 0 Å². The number of nitrogens with zero attached hydrogens (tertiary/aromatic N) is 3. The number of aryl methyl sites for hydroxylation is 1. The maximum atomic E-state index is 12.1. The number of hydrogen-bond donors (Lipinski definition) is 0. The van der Waals surface area contributed by atoms with Gasteiger partial charge < -0.3 is 9.30 Å². The maximum absolute atomic E-state index is 12.1. The van der Waals surface area contributed by atoms with Crippen LogP contribution in [0.1, 0.15) is 28.7 Å². The lowest BCUT2D eigenvalue weighted by Gasteiger charge is -2.10. The second-order valence-corrected chi connectivity index (χ2v) is 7.58. The highest BCUT2D eigenvalue weighted by Crippen LogP contribution is 2.27. The topological polar surface area (TPSA) is 57.0 Å². The molecule has 5 nitrogen and oxygen atoms in total. The molecule has 0 saturated heterocycles. The quantitative estimate of drug-likeness (QED) is 0.285. The van der Waals surface area contributed by atoms with Crippen LogP contribution in [0, 0.1) is 6.92 Å². The van der Waals surface area contributed by atoms with Crippen molar-refractivity contribution in [2.75, 3.05) is 6.61 Å². The zero-order chi connectivity index (χ0) is 21.3. The Balaban J connectivity index is 1.75. The highest BCUT2D eigenvalue weighted by molar-refractivity contribution is 6.32. The molecular weight excluding hydrogens is 421 g/mol. The predicted octanol–water partition coefficient (Wildman–Crippen LogP) is 5.94. The summed E-state index contributed by atoms with van der Waals surface area (Å²) in [5, 5.41) is 0.738. The molecule has 0 spiro atoms. The highest BCUT2D eigenvalue weighted by atomic mass is 35.5. The molecule has 0 aliphatic carbocycles. The Labute approximate surface area is 184 Å². The minimum absolute atomic E-state index is 0.328. The minimum Gasteiger partial charge on any atom is -0.462 e. The summed E-state index contributed by atoms with van der Waals surface area (Å²) in [4.78, 5) is 20.9. The summed E-state index contributed by atoms with van der Waals surface area (Å²) < 4.78 is 7.20. The summed E-state index contributed by atoms with van der Waals surface area (Å²) in [5.74, 6) is 0.541. The molecule has 0 atom stereocenters. The minimum atomic E-state index is -0.328. The first-order valence-electron chi connectivity index (χ1n) is 9.51. The molecule has 0 unspecified atom stereocenters. The van der Waals surface area contributed by atoms with Gasteiger partial charge in [0.15, 0.2) is 0 Å². The lowest BCUT2D eigenvalue weighted by Crippen LogP contribution is -2.04. The molecule has 0 aliphatic heterocycles. The molecule has 7 heteroatoms. The summed E-state index contributed by atoms with van der Waals surface area (Å²) in [6.07, 6.45) is 0. The van der Waals surface area contributed by atoms with E-state index in [1.165, 1.54) is 0 Å². The van der Waals surface area contributed by atoms with Crippen molar-refractivity contribution in [3.8, 4) is 11.1 Å². The number of carbonyl (C=O) groups is 1. The van der Waals surface area contributed by atoms with Crippen molar-refractivity contribution < 1.29 is 9.53 Å². The lowest BCUT2D eigenvalue weighted by atomic mass is 10.0. The van der Waals surface area contributed by atoms with Crippen molar-refractivity contribution in [2.24, 2.45) is 0 Å². The van der Waals surface area contributed by atoms with Crippen molar-refractivity contribution in [3.05, 3.63) is 81.9 Å². The molecule has 4 aromatic rings. The molecule has 2 heterocycles. The van der Waals surface area contributed by atoms with Crippen LogP contribution in [0.2, 0.25) is 10.3 Å². The number of esters is 1. The molecule has 0 saturated carbocycles. The van der Waals surface area contributed by atoms with E-state index in [0.717, 1.165) is 33.5 Å². The third-order valence-corrected chi connectivity index (χ3v) is 5.40. The fourth-order valence-electron chi connectivity index (χ4n) is 3.39. The molecule has 4 rings (SSSR count). The normalized spacial score (nSPS) is 11.1. The Morgan fingerprint density at radius 1 is 1.03 bits per heavy atom. The van der Waals surface area contributed by atoms with Crippen LogP contribution in [0.4, 0.5) is 0 Å². The third kappa shape index (κ3) is 4.04. The zero-order valence-corrected chi connectivity index (χ0v) is 18.0. The van der Waals surface area contributed by atoms with Crippen LogP contribution < -0.4 is 0 Å². The average molecular weight is 440 g/mol. The molecule has 2 aromatic heterocycles. The van der Waals surface area contributed by atoms with Gasteiger partial charge in [-0.05, 0) is 55.3 Å². The van der Waals surface area contributed by atoms with E-state index in [4.69, 9.17) is 27.9 Å². The van der Waals surface area contributed by atoms with Crippen LogP contribution >= 0.6 is 23.2 Å². The van der Waals surface area contributed by atoms with Crippen molar-refractivity contribution in [1.82, 2.24) is 14.5 Å². The summed E-state index contributed by atoms with van der Waals surface area (Å²) in [6, 6.07) is 17.1. The molecule has 0 N–H and O–H groups in total. The van der Waals surface area contributed by atoms with E-state index in [0.29, 0.717) is 29.0 Å². The molecule has 0 bridgehead atoms. The van der Waals surface area contributed by atoms with E-state index in [1.807, 2.05) is 43.3 Å². The molecule has 30 heavy (non-hydrogen) atoms. The Kier molecular flexibility index (Phi) is 5.75. The summed E-state index contributed by atoms with van der Waals surface area (Å²) in [7, 11) is 0. The smallest absolute Gasteiger partial charge is 0.338 e. The number of benzene rings is 2. The van der Waals surface area contributed by atoms with Crippen LogP contribution in [0.3, 0.4) is 0 Å². The van der Waals surface area contributed by atoms with Gasteiger partial charge in [0.1, 0.15) is 16.1 Å². The Morgan fingerprint density at radius 2 is 1.83 bits per heavy atom. The van der Waals surface area contributed by atoms with E-state index in [2.05, 4.69) is 20.6 Å². The van der Waals surface area contributed by atoms with E-state index >= 15 is 0 Å². The maximum Gasteiger partial charge on any atom is 0.338 e. The standard InChI is InChI=1S/C23H19Cl2N3O2/c1-3-30-23(29)17-6-4-5-15(11-17)16-7-9-19-20(12-16)28(14(2)26-19)13-18-8-10-21(24)27-22(18)25/h4-12H,3,13H2,1-2H3. The molecule has 0 radical (unpaired) electrons. The molecule has 2 aromatic carbocycles. The van der Waals surface area contributed by atoms with Crippen molar-refractivity contribution in [2.45, 2.75) is 20.4 Å². The summed E-state index contributed by atoms with van der Waals surface area (Å²) >= 11 is 12.2. The Hall–Kier alpha value is -2.89. The fraction of sp³-hybridized carbons (Fsp3) is 0.174. The van der Waals surface area contributed by atoms with E-state index in [-0.39, 0.29) is 5.97 Å². The first-order valence-corrected chi connectivity index (χ1v) is 10.3. The van der Waals surface area contributed by atoms with Crippen molar-refractivity contribution >= 4 is 40.2 Å². The van der Waals surface area contributed by atoms with E-state index in [1.54, 1.807) is 19.1 Å². The van der Waals surface area contributed by atoms with Gasteiger partial charge in [-0.2, -0.15) is 0 Å². The number of carbonyl (C=O) groups excluding carboxylic acids is 1. The van der Waals surface area contributed by atoms with E-state index < -0.39 is 0 Å². The number of aromatic nitrogens is 3. The number of halogens is 2. The van der Waals surface area contributed by atoms with Crippen LogP contribution in [-0.4, -0.2) is 27.1 Å². The first kappa shape index (κ1) is 20.4. The highest BCUT2D eigenvalue weighted by Gasteiger charge is 2.13. The van der Waals surface area contributed by atoms with Crippen molar-refractivity contribution in [3.63, 3.8) is 0 Å². The van der Waals surface area contributed by atoms with Gasteiger partial charge in [-0.25, -0.2) is 14.8 Å². The Morgan fingerprint density at radius 3 is 2.60 bits per heavy atom. The number of ether oxygens (including phenoxy) is 1. The number of rotatable bonds is 5. The molecular formula is C23H19Cl2N3O2. The van der Waals surface area contributed by atoms with E-state index in [9.17, 15) is 4.79 Å². The number of hydrogen-bond acceptors (Lipinski definition) is 4. The van der Waals surface area contributed by atoms with Crippen LogP contribution in [0.15, 0.2) is 54.6 Å². The zero-order valence-electron chi connectivity index (χ0n) is 16.5. The van der Waals surface area contributed by atoms with Crippen molar-refractivity contribution in [1.29, 1.82) is 0 Å². The molecule has 0 amide bonds. The number of imidazole rings is 1. The SMILES string of the molecule is CCOC(=O)c1cccc(-c2ccc3nc(C)n(Cc4ccc(Cl)nc4Cl)c3c2)c1. The molecule has 0 aliphatic rings. The van der Waals surface area contributed by atoms with Gasteiger partial charge in [-0.3, -0.25) is 0 Å². The molecule has 152 valence electrons. The fourth-order valence-corrected chi connectivity index (χ4v) is 3.80. The number of pyridine rings is 1. The number of fused-ring (bicyclic) bond motifs is 1. The second kappa shape index (κ2) is 8.46. The van der Waals surface area contributed by atoms with Crippen LogP contribution in [0.25, 0.3) is 22.2 Å². The van der Waals surface area contributed by atoms with Gasteiger partial charge in [0.2, 0.25) is 0 Å². The molecule has 0 fully saturated rings. The third-order valence-electron chi connectivity index (χ3n) is 4.87. The lowest BCUT2D eigenvalue weighted by molar-refractivity contribution is 0.0526. The summed E-state index contributed by atoms with van der Waals surface area (Å²) in [5.41, 5.74) is 5.15. The van der Waals surface area contributed by atoms with Gasteiger partial charge >= 0.3 is 5.97 Å².